The highest BCUT2D eigenvalue weighted by atomic mass is 16.6. The van der Waals surface area contributed by atoms with Gasteiger partial charge in [0.1, 0.15) is 13.2 Å². The van der Waals surface area contributed by atoms with Crippen LogP contribution in [0, 0.1) is 6.92 Å². The molecule has 1 aromatic carbocycles. The lowest BCUT2D eigenvalue weighted by molar-refractivity contribution is 0.0224. The lowest BCUT2D eigenvalue weighted by atomic mass is 10.0. The molecule has 1 aliphatic heterocycles. The SMILES string of the molecule is CCc1c(C)c2ccc3c(c2oc1=O)OCCOCCOCCO3. The molecule has 130 valence electrons. The molecule has 1 aliphatic rings. The number of fused-ring (bicyclic) bond motifs is 3. The van der Waals surface area contributed by atoms with Crippen LogP contribution in [0.1, 0.15) is 18.1 Å². The van der Waals surface area contributed by atoms with Crippen molar-refractivity contribution in [2.45, 2.75) is 20.3 Å². The summed E-state index contributed by atoms with van der Waals surface area (Å²) in [6, 6.07) is 3.74. The van der Waals surface area contributed by atoms with Gasteiger partial charge in [-0.2, -0.15) is 0 Å². The molecule has 2 aromatic rings. The van der Waals surface area contributed by atoms with Gasteiger partial charge in [0.2, 0.25) is 5.75 Å². The maximum atomic E-state index is 12.2. The summed E-state index contributed by atoms with van der Waals surface area (Å²) in [7, 11) is 0. The molecule has 0 aliphatic carbocycles. The highest BCUT2D eigenvalue weighted by Crippen LogP contribution is 2.37. The van der Waals surface area contributed by atoms with Crippen LogP contribution in [0.4, 0.5) is 0 Å². The molecule has 0 radical (unpaired) electrons. The second-order valence-corrected chi connectivity index (χ2v) is 5.54. The molecule has 0 spiro atoms. The standard InChI is InChI=1S/C18H22O6/c1-3-13-12(2)14-4-5-15-17(16(14)24-18(13)19)23-11-9-21-7-6-20-8-10-22-15/h4-5H,3,6-11H2,1-2H3. The fourth-order valence-electron chi connectivity index (χ4n) is 2.81. The Morgan fingerprint density at radius 2 is 1.62 bits per heavy atom. The Labute approximate surface area is 140 Å². The van der Waals surface area contributed by atoms with Crippen LogP contribution < -0.4 is 15.1 Å². The van der Waals surface area contributed by atoms with Crippen LogP contribution in [0.15, 0.2) is 21.3 Å². The summed E-state index contributed by atoms with van der Waals surface area (Å²) >= 11 is 0. The molecule has 0 N–H and O–H groups in total. The van der Waals surface area contributed by atoms with Gasteiger partial charge in [-0.3, -0.25) is 0 Å². The summed E-state index contributed by atoms with van der Waals surface area (Å²) in [6.07, 6.45) is 0.629. The largest absolute Gasteiger partial charge is 0.487 e. The number of hydrogen-bond donors (Lipinski definition) is 0. The summed E-state index contributed by atoms with van der Waals surface area (Å²) in [4.78, 5) is 12.2. The Hall–Kier alpha value is -2.05. The zero-order valence-corrected chi connectivity index (χ0v) is 14.1. The van der Waals surface area contributed by atoms with E-state index in [1.54, 1.807) is 0 Å². The molecule has 0 unspecified atom stereocenters. The third-order valence-electron chi connectivity index (χ3n) is 4.06. The molecule has 3 rings (SSSR count). The predicted molar refractivity (Wildman–Crippen MR) is 89.2 cm³/mol. The number of rotatable bonds is 1. The van der Waals surface area contributed by atoms with Crippen LogP contribution in [0.2, 0.25) is 0 Å². The zero-order chi connectivity index (χ0) is 16.9. The van der Waals surface area contributed by atoms with E-state index < -0.39 is 0 Å². The van der Waals surface area contributed by atoms with Gasteiger partial charge in [0.25, 0.3) is 0 Å². The topological polar surface area (TPSA) is 67.1 Å². The number of ether oxygens (including phenoxy) is 4. The number of hydrogen-bond acceptors (Lipinski definition) is 6. The lowest BCUT2D eigenvalue weighted by Gasteiger charge is -2.17. The van der Waals surface area contributed by atoms with Gasteiger partial charge in [0, 0.05) is 10.9 Å². The van der Waals surface area contributed by atoms with Crippen molar-refractivity contribution in [3.8, 4) is 11.5 Å². The highest BCUT2D eigenvalue weighted by Gasteiger charge is 2.18. The Kier molecular flexibility index (Phi) is 5.37. The van der Waals surface area contributed by atoms with E-state index in [1.165, 1.54) is 0 Å². The monoisotopic (exact) mass is 334 g/mol. The van der Waals surface area contributed by atoms with E-state index in [1.807, 2.05) is 26.0 Å². The summed E-state index contributed by atoms with van der Waals surface area (Å²) in [6.45, 7) is 6.52. The molecule has 1 aromatic heterocycles. The average Bonchev–Trinajstić information content (AvgIpc) is 2.56. The van der Waals surface area contributed by atoms with Crippen molar-refractivity contribution >= 4 is 11.0 Å². The van der Waals surface area contributed by atoms with Crippen LogP contribution >= 0.6 is 0 Å². The molecule has 0 saturated carbocycles. The average molecular weight is 334 g/mol. The lowest BCUT2D eigenvalue weighted by Crippen LogP contribution is -2.16. The quantitative estimate of drug-likeness (QED) is 0.747. The van der Waals surface area contributed by atoms with Gasteiger partial charge in [0.15, 0.2) is 11.3 Å². The molecule has 0 atom stereocenters. The minimum Gasteiger partial charge on any atom is -0.487 e. The second kappa shape index (κ2) is 7.68. The molecule has 2 heterocycles. The highest BCUT2D eigenvalue weighted by molar-refractivity contribution is 5.88. The Morgan fingerprint density at radius 1 is 0.958 bits per heavy atom. The molecule has 0 bridgehead atoms. The van der Waals surface area contributed by atoms with Crippen molar-refractivity contribution in [1.29, 1.82) is 0 Å². The van der Waals surface area contributed by atoms with Gasteiger partial charge < -0.3 is 23.4 Å². The van der Waals surface area contributed by atoms with E-state index in [2.05, 4.69) is 0 Å². The van der Waals surface area contributed by atoms with Crippen molar-refractivity contribution in [1.82, 2.24) is 0 Å². The van der Waals surface area contributed by atoms with Gasteiger partial charge in [-0.25, -0.2) is 4.79 Å². The van der Waals surface area contributed by atoms with Crippen LogP contribution in [-0.4, -0.2) is 39.6 Å². The number of benzene rings is 1. The molecular weight excluding hydrogens is 312 g/mol. The Balaban J connectivity index is 2.07. The van der Waals surface area contributed by atoms with Gasteiger partial charge in [-0.05, 0) is 31.0 Å². The van der Waals surface area contributed by atoms with E-state index in [0.29, 0.717) is 68.7 Å². The maximum absolute atomic E-state index is 12.2. The van der Waals surface area contributed by atoms with Crippen molar-refractivity contribution in [2.24, 2.45) is 0 Å². The molecule has 0 amide bonds. The van der Waals surface area contributed by atoms with Gasteiger partial charge >= 0.3 is 5.63 Å². The maximum Gasteiger partial charge on any atom is 0.339 e. The predicted octanol–water partition coefficient (Wildman–Crippen LogP) is 2.47. The van der Waals surface area contributed by atoms with Crippen LogP contribution in [-0.2, 0) is 15.9 Å². The first kappa shape index (κ1) is 16.8. The first-order chi connectivity index (χ1) is 11.7. The van der Waals surface area contributed by atoms with E-state index in [9.17, 15) is 4.79 Å². The van der Waals surface area contributed by atoms with Crippen molar-refractivity contribution in [3.63, 3.8) is 0 Å². The Bertz CT molecular complexity index is 764. The molecular formula is C18H22O6. The van der Waals surface area contributed by atoms with Crippen molar-refractivity contribution in [3.05, 3.63) is 33.7 Å². The van der Waals surface area contributed by atoms with Crippen LogP contribution in [0.3, 0.4) is 0 Å². The van der Waals surface area contributed by atoms with Gasteiger partial charge in [-0.1, -0.05) is 6.92 Å². The first-order valence-corrected chi connectivity index (χ1v) is 8.22. The third kappa shape index (κ3) is 3.39. The molecule has 0 saturated heterocycles. The zero-order valence-electron chi connectivity index (χ0n) is 14.1. The van der Waals surface area contributed by atoms with E-state index in [-0.39, 0.29) is 5.63 Å². The molecule has 6 heteroatoms. The first-order valence-electron chi connectivity index (χ1n) is 8.22. The summed E-state index contributed by atoms with van der Waals surface area (Å²) in [5, 5.41) is 0.859. The molecule has 24 heavy (non-hydrogen) atoms. The van der Waals surface area contributed by atoms with Crippen LogP contribution in [0.5, 0.6) is 11.5 Å². The minimum absolute atomic E-state index is 0.329. The molecule has 0 fully saturated rings. The van der Waals surface area contributed by atoms with E-state index >= 15 is 0 Å². The van der Waals surface area contributed by atoms with Gasteiger partial charge in [0.05, 0.1) is 26.4 Å². The summed E-state index contributed by atoms with van der Waals surface area (Å²) in [5.41, 5.74) is 1.70. The minimum atomic E-state index is -0.329. The van der Waals surface area contributed by atoms with Crippen molar-refractivity contribution < 1.29 is 23.4 Å². The second-order valence-electron chi connectivity index (χ2n) is 5.54. The van der Waals surface area contributed by atoms with Crippen LogP contribution in [0.25, 0.3) is 11.0 Å². The fraction of sp³-hybridized carbons (Fsp3) is 0.500. The van der Waals surface area contributed by atoms with E-state index in [4.69, 9.17) is 23.4 Å². The smallest absolute Gasteiger partial charge is 0.339 e. The third-order valence-corrected chi connectivity index (χ3v) is 4.06. The summed E-state index contributed by atoms with van der Waals surface area (Å²) < 4.78 is 28.0. The fourth-order valence-corrected chi connectivity index (χ4v) is 2.81. The van der Waals surface area contributed by atoms with Crippen molar-refractivity contribution in [2.75, 3.05) is 39.6 Å². The van der Waals surface area contributed by atoms with E-state index in [0.717, 1.165) is 10.9 Å². The summed E-state index contributed by atoms with van der Waals surface area (Å²) in [5.74, 6) is 0.984. The molecule has 6 nitrogen and oxygen atoms in total. The number of aryl methyl sites for hydroxylation is 1. The Morgan fingerprint density at radius 3 is 2.33 bits per heavy atom. The van der Waals surface area contributed by atoms with Gasteiger partial charge in [-0.15, -0.1) is 0 Å². The normalized spacial score (nSPS) is 16.4.